The summed E-state index contributed by atoms with van der Waals surface area (Å²) in [5, 5.41) is 20.0. The molecule has 1 aliphatic carbocycles. The van der Waals surface area contributed by atoms with Crippen molar-refractivity contribution in [2.45, 2.75) is 25.9 Å². The minimum atomic E-state index is -4.37. The Hall–Kier alpha value is -2.23. The molecular formula is C12H11F3N2O2. The number of hydrogen-bond acceptors (Lipinski definition) is 3. The lowest BCUT2D eigenvalue weighted by molar-refractivity contribution is -0.116. The van der Waals surface area contributed by atoms with Crippen molar-refractivity contribution in [2.24, 2.45) is 0 Å². The van der Waals surface area contributed by atoms with Crippen molar-refractivity contribution in [3.63, 3.8) is 0 Å². The molecule has 19 heavy (non-hydrogen) atoms. The summed E-state index contributed by atoms with van der Waals surface area (Å²) in [7, 11) is 0. The number of carbonyl (C=O) groups excluding carboxylic acids is 1. The van der Waals surface area contributed by atoms with Crippen LogP contribution in [0.2, 0.25) is 0 Å². The first kappa shape index (κ1) is 14.8. The van der Waals surface area contributed by atoms with Crippen LogP contribution in [0, 0.1) is 11.3 Å². The van der Waals surface area contributed by atoms with Crippen molar-refractivity contribution >= 4 is 5.91 Å². The van der Waals surface area contributed by atoms with Gasteiger partial charge in [-0.3, -0.25) is 4.79 Å². The maximum Gasteiger partial charge on any atom is 0.412 e. The first-order valence-corrected chi connectivity index (χ1v) is 5.34. The number of carbonyl (C=O) groups is 1. The number of allylic oxidation sites excluding steroid dienone is 5. The zero-order valence-electron chi connectivity index (χ0n) is 10.0. The Labute approximate surface area is 107 Å². The summed E-state index contributed by atoms with van der Waals surface area (Å²) in [6.07, 6.45) is -2.56. The molecule has 4 nitrogen and oxygen atoms in total. The molecule has 0 spiro atoms. The highest BCUT2D eigenvalue weighted by molar-refractivity contribution is 5.98. The van der Waals surface area contributed by atoms with Crippen LogP contribution in [0.1, 0.15) is 19.8 Å². The highest BCUT2D eigenvalue weighted by atomic mass is 19.4. The lowest BCUT2D eigenvalue weighted by Crippen LogP contribution is -2.26. The predicted molar refractivity (Wildman–Crippen MR) is 60.5 cm³/mol. The molecule has 0 unspecified atom stereocenters. The van der Waals surface area contributed by atoms with E-state index in [1.54, 1.807) is 0 Å². The van der Waals surface area contributed by atoms with Gasteiger partial charge in [0.2, 0.25) is 0 Å². The second-order valence-electron chi connectivity index (χ2n) is 3.91. The molecule has 7 heteroatoms. The van der Waals surface area contributed by atoms with Gasteiger partial charge in [0.05, 0.1) is 0 Å². The van der Waals surface area contributed by atoms with Crippen LogP contribution in [0.15, 0.2) is 34.8 Å². The van der Waals surface area contributed by atoms with Crippen LogP contribution in [-0.4, -0.2) is 17.2 Å². The lowest BCUT2D eigenvalue weighted by Gasteiger charge is -2.17. The number of nitrogens with one attached hydrogen (secondary N) is 1. The van der Waals surface area contributed by atoms with E-state index in [2.05, 4.69) is 5.32 Å². The second-order valence-corrected chi connectivity index (χ2v) is 3.91. The number of amides is 1. The largest absolute Gasteiger partial charge is 0.511 e. The second kappa shape index (κ2) is 5.61. The Morgan fingerprint density at radius 3 is 2.42 bits per heavy atom. The number of alkyl halides is 3. The van der Waals surface area contributed by atoms with E-state index in [-0.39, 0.29) is 18.5 Å². The maximum atomic E-state index is 12.4. The molecular weight excluding hydrogens is 261 g/mol. The average molecular weight is 272 g/mol. The van der Waals surface area contributed by atoms with E-state index in [9.17, 15) is 18.0 Å². The Bertz CT molecular complexity index is 518. The van der Waals surface area contributed by atoms with Crippen LogP contribution in [0.3, 0.4) is 0 Å². The smallest absolute Gasteiger partial charge is 0.412 e. The van der Waals surface area contributed by atoms with Crippen LogP contribution in [0.4, 0.5) is 13.2 Å². The van der Waals surface area contributed by atoms with E-state index < -0.39 is 29.0 Å². The molecule has 0 heterocycles. The first-order valence-electron chi connectivity index (χ1n) is 5.34. The van der Waals surface area contributed by atoms with Crippen LogP contribution >= 0.6 is 0 Å². The molecule has 0 saturated heterocycles. The predicted octanol–water partition coefficient (Wildman–Crippen LogP) is 2.62. The van der Waals surface area contributed by atoms with Crippen molar-refractivity contribution in [2.75, 3.05) is 0 Å². The van der Waals surface area contributed by atoms with E-state index in [1.165, 1.54) is 13.0 Å². The van der Waals surface area contributed by atoms with E-state index in [0.717, 1.165) is 12.2 Å². The number of hydrogen-bond donors (Lipinski definition) is 2. The number of nitriles is 1. The lowest BCUT2D eigenvalue weighted by atomic mass is 10.0. The van der Waals surface area contributed by atoms with Gasteiger partial charge in [0, 0.05) is 11.3 Å². The van der Waals surface area contributed by atoms with Crippen molar-refractivity contribution < 1.29 is 23.1 Å². The Balaban J connectivity index is 2.80. The minimum Gasteiger partial charge on any atom is -0.511 e. The third-order valence-electron chi connectivity index (χ3n) is 2.49. The Morgan fingerprint density at radius 1 is 1.42 bits per heavy atom. The summed E-state index contributed by atoms with van der Waals surface area (Å²) in [6.45, 7) is 1.18. The quantitative estimate of drug-likeness (QED) is 0.461. The third-order valence-corrected chi connectivity index (χ3v) is 2.49. The highest BCUT2D eigenvalue weighted by Gasteiger charge is 2.33. The van der Waals surface area contributed by atoms with E-state index in [4.69, 9.17) is 10.4 Å². The molecule has 0 aromatic carbocycles. The number of aliphatic hydroxyl groups excluding tert-OH is 1. The summed E-state index contributed by atoms with van der Waals surface area (Å²) in [5.74, 6) is -1.28. The minimum absolute atomic E-state index is 0.0142. The molecule has 0 radical (unpaired) electrons. The molecule has 0 atom stereocenters. The molecule has 1 rings (SSSR count). The summed E-state index contributed by atoms with van der Waals surface area (Å²) < 4.78 is 37.1. The van der Waals surface area contributed by atoms with Gasteiger partial charge in [0.25, 0.3) is 5.91 Å². The van der Waals surface area contributed by atoms with Crippen LogP contribution < -0.4 is 5.32 Å². The van der Waals surface area contributed by atoms with Crippen molar-refractivity contribution in [1.82, 2.24) is 5.32 Å². The maximum absolute atomic E-state index is 12.4. The molecule has 0 aliphatic heterocycles. The van der Waals surface area contributed by atoms with Gasteiger partial charge in [0.15, 0.2) is 5.57 Å². The number of rotatable bonds is 2. The zero-order valence-corrected chi connectivity index (χ0v) is 10.0. The summed E-state index contributed by atoms with van der Waals surface area (Å²) in [5.41, 5.74) is -0.863. The van der Waals surface area contributed by atoms with Gasteiger partial charge in [0.1, 0.15) is 11.8 Å². The fraction of sp³-hybridized carbons (Fsp3) is 0.333. The summed E-state index contributed by atoms with van der Waals surface area (Å²) in [4.78, 5) is 11.5. The Kier molecular flexibility index (Phi) is 4.38. The van der Waals surface area contributed by atoms with E-state index >= 15 is 0 Å². The molecule has 1 amide bonds. The fourth-order valence-corrected chi connectivity index (χ4v) is 1.48. The molecule has 0 bridgehead atoms. The van der Waals surface area contributed by atoms with Gasteiger partial charge in [-0.25, -0.2) is 0 Å². The summed E-state index contributed by atoms with van der Waals surface area (Å²) in [6, 6.07) is 1.52. The molecule has 0 fully saturated rings. The highest BCUT2D eigenvalue weighted by Crippen LogP contribution is 2.32. The van der Waals surface area contributed by atoms with Crippen LogP contribution in [0.25, 0.3) is 0 Å². The van der Waals surface area contributed by atoms with Crippen molar-refractivity contribution in [3.05, 3.63) is 34.8 Å². The number of nitrogens with zero attached hydrogens (tertiary/aromatic N) is 1. The normalized spacial score (nSPS) is 16.8. The number of aliphatic hydroxyl groups is 1. The van der Waals surface area contributed by atoms with Gasteiger partial charge in [-0.05, 0) is 25.8 Å². The van der Waals surface area contributed by atoms with Gasteiger partial charge in [-0.1, -0.05) is 6.08 Å². The van der Waals surface area contributed by atoms with Crippen molar-refractivity contribution in [3.8, 4) is 6.07 Å². The van der Waals surface area contributed by atoms with Gasteiger partial charge < -0.3 is 10.4 Å². The first-order chi connectivity index (χ1) is 8.75. The SMILES string of the molecule is C/C(O)=C(\C#N)C(=O)NC1=CC=C(C(F)(F)F)CC1. The van der Waals surface area contributed by atoms with E-state index in [0.29, 0.717) is 0 Å². The molecule has 1 aliphatic rings. The van der Waals surface area contributed by atoms with E-state index in [1.807, 2.05) is 0 Å². The average Bonchev–Trinajstić information content (AvgIpc) is 2.28. The molecule has 0 aromatic heterocycles. The van der Waals surface area contributed by atoms with Gasteiger partial charge in [-0.15, -0.1) is 0 Å². The monoisotopic (exact) mass is 272 g/mol. The third kappa shape index (κ3) is 3.88. The molecule has 0 aromatic rings. The van der Waals surface area contributed by atoms with Crippen molar-refractivity contribution in [1.29, 1.82) is 5.26 Å². The Morgan fingerprint density at radius 2 is 2.05 bits per heavy atom. The molecule has 2 N–H and O–H groups in total. The van der Waals surface area contributed by atoms with Gasteiger partial charge >= 0.3 is 6.18 Å². The van der Waals surface area contributed by atoms with Crippen LogP contribution in [-0.2, 0) is 4.79 Å². The van der Waals surface area contributed by atoms with Crippen LogP contribution in [0.5, 0.6) is 0 Å². The zero-order chi connectivity index (χ0) is 14.6. The van der Waals surface area contributed by atoms with Gasteiger partial charge in [-0.2, -0.15) is 18.4 Å². The summed E-state index contributed by atoms with van der Waals surface area (Å²) >= 11 is 0. The number of halogens is 3. The fourth-order valence-electron chi connectivity index (χ4n) is 1.48. The molecule has 0 saturated carbocycles. The molecule has 102 valence electrons. The topological polar surface area (TPSA) is 73.1 Å². The standard InChI is InChI=1S/C12H11F3N2O2/c1-7(18)10(6-16)11(19)17-9-4-2-8(3-5-9)12(13,14)15/h2,4,18H,3,5H2,1H3,(H,17,19)/b10-7-.